The highest BCUT2D eigenvalue weighted by atomic mass is 79.9. The Morgan fingerprint density at radius 2 is 1.74 bits per heavy atom. The molecule has 0 aliphatic heterocycles. The maximum absolute atomic E-state index is 12.2. The average molecular weight is 348 g/mol. The summed E-state index contributed by atoms with van der Waals surface area (Å²) in [7, 11) is -3.82. The van der Waals surface area contributed by atoms with Crippen LogP contribution in [0.5, 0.6) is 0 Å². The van der Waals surface area contributed by atoms with Crippen molar-refractivity contribution in [1.29, 1.82) is 0 Å². The Bertz CT molecular complexity index is 576. The van der Waals surface area contributed by atoms with Crippen molar-refractivity contribution in [2.75, 3.05) is 0 Å². The van der Waals surface area contributed by atoms with Crippen LogP contribution in [-0.2, 0) is 14.8 Å². The summed E-state index contributed by atoms with van der Waals surface area (Å²) in [5.74, 6) is -1.11. The Kier molecular flexibility index (Phi) is 3.98. The maximum Gasteiger partial charge on any atom is 0.324 e. The Morgan fingerprint density at radius 3 is 2.21 bits per heavy atom. The van der Waals surface area contributed by atoms with Crippen molar-refractivity contribution >= 4 is 31.9 Å². The Labute approximate surface area is 120 Å². The van der Waals surface area contributed by atoms with E-state index < -0.39 is 21.5 Å². The predicted molar refractivity (Wildman–Crippen MR) is 73.3 cm³/mol. The zero-order valence-corrected chi connectivity index (χ0v) is 12.5. The summed E-state index contributed by atoms with van der Waals surface area (Å²) < 4.78 is 27.6. The summed E-state index contributed by atoms with van der Waals surface area (Å²) in [6, 6.07) is 6.10. The van der Waals surface area contributed by atoms with Gasteiger partial charge in [0.1, 0.15) is 5.54 Å². The van der Waals surface area contributed by atoms with Gasteiger partial charge in [-0.25, -0.2) is 8.42 Å². The van der Waals surface area contributed by atoms with E-state index in [1.165, 1.54) is 12.1 Å². The van der Waals surface area contributed by atoms with Gasteiger partial charge in [-0.3, -0.25) is 4.79 Å². The molecule has 19 heavy (non-hydrogen) atoms. The van der Waals surface area contributed by atoms with Crippen LogP contribution in [0.25, 0.3) is 0 Å². The zero-order chi connectivity index (χ0) is 14.1. The first-order valence-corrected chi connectivity index (χ1v) is 8.16. The minimum Gasteiger partial charge on any atom is -0.480 e. The maximum atomic E-state index is 12.2. The van der Waals surface area contributed by atoms with Gasteiger partial charge in [0.25, 0.3) is 0 Å². The summed E-state index contributed by atoms with van der Waals surface area (Å²) in [6.45, 7) is 0. The summed E-state index contributed by atoms with van der Waals surface area (Å²) >= 11 is 3.22. The summed E-state index contributed by atoms with van der Waals surface area (Å²) in [4.78, 5) is 11.4. The van der Waals surface area contributed by atoms with Gasteiger partial charge >= 0.3 is 5.97 Å². The Hall–Kier alpha value is -0.920. The zero-order valence-electron chi connectivity index (χ0n) is 10.1. The van der Waals surface area contributed by atoms with Crippen molar-refractivity contribution in [2.45, 2.75) is 36.1 Å². The highest BCUT2D eigenvalue weighted by Gasteiger charge is 2.44. The van der Waals surface area contributed by atoms with E-state index in [1.807, 2.05) is 0 Å². The van der Waals surface area contributed by atoms with E-state index in [0.29, 0.717) is 12.8 Å². The van der Waals surface area contributed by atoms with Gasteiger partial charge < -0.3 is 5.11 Å². The summed E-state index contributed by atoms with van der Waals surface area (Å²) in [6.07, 6.45) is 2.10. The van der Waals surface area contributed by atoms with Gasteiger partial charge in [0.15, 0.2) is 0 Å². The molecule has 1 saturated carbocycles. The normalized spacial score (nSPS) is 18.4. The van der Waals surface area contributed by atoms with Gasteiger partial charge in [-0.1, -0.05) is 28.8 Å². The van der Waals surface area contributed by atoms with Gasteiger partial charge in [-0.05, 0) is 37.1 Å². The first-order chi connectivity index (χ1) is 8.86. The molecule has 0 saturated heterocycles. The van der Waals surface area contributed by atoms with Crippen LogP contribution >= 0.6 is 15.9 Å². The first kappa shape index (κ1) is 14.5. The average Bonchev–Trinajstić information content (AvgIpc) is 2.78. The third-order valence-electron chi connectivity index (χ3n) is 3.32. The summed E-state index contributed by atoms with van der Waals surface area (Å²) in [5.41, 5.74) is -1.36. The monoisotopic (exact) mass is 347 g/mol. The lowest BCUT2D eigenvalue weighted by molar-refractivity contribution is -0.143. The number of sulfonamides is 1. The SMILES string of the molecule is O=C(O)C1(NS(=O)(=O)c2ccc(Br)cc2)CCCC1. The minimum atomic E-state index is -3.82. The van der Waals surface area contributed by atoms with Crippen molar-refractivity contribution in [3.63, 3.8) is 0 Å². The minimum absolute atomic E-state index is 0.0724. The quantitative estimate of drug-likeness (QED) is 0.873. The highest BCUT2D eigenvalue weighted by Crippen LogP contribution is 2.31. The second kappa shape index (κ2) is 5.22. The van der Waals surface area contributed by atoms with E-state index in [-0.39, 0.29) is 4.90 Å². The predicted octanol–water partition coefficient (Wildman–Crippen LogP) is 2.12. The molecule has 0 heterocycles. The van der Waals surface area contributed by atoms with Crippen LogP contribution in [0.1, 0.15) is 25.7 Å². The van der Waals surface area contributed by atoms with E-state index in [0.717, 1.165) is 17.3 Å². The van der Waals surface area contributed by atoms with Gasteiger partial charge in [0.05, 0.1) is 4.90 Å². The molecule has 0 amide bonds. The molecule has 1 aromatic rings. The van der Waals surface area contributed by atoms with Crippen molar-refractivity contribution in [1.82, 2.24) is 4.72 Å². The number of nitrogens with one attached hydrogen (secondary N) is 1. The number of carboxylic acid groups (broad SMARTS) is 1. The van der Waals surface area contributed by atoms with Gasteiger partial charge in [0, 0.05) is 4.47 Å². The van der Waals surface area contributed by atoms with Crippen LogP contribution in [0.2, 0.25) is 0 Å². The van der Waals surface area contributed by atoms with E-state index in [1.54, 1.807) is 12.1 Å². The molecule has 5 nitrogen and oxygen atoms in total. The van der Waals surface area contributed by atoms with E-state index >= 15 is 0 Å². The number of hydrogen-bond donors (Lipinski definition) is 2. The molecule has 0 unspecified atom stereocenters. The number of hydrogen-bond acceptors (Lipinski definition) is 3. The molecule has 7 heteroatoms. The van der Waals surface area contributed by atoms with Gasteiger partial charge in [-0.2, -0.15) is 4.72 Å². The van der Waals surface area contributed by atoms with Gasteiger partial charge in [0.2, 0.25) is 10.0 Å². The third-order valence-corrected chi connectivity index (χ3v) is 5.40. The van der Waals surface area contributed by atoms with Crippen LogP contribution in [0, 0.1) is 0 Å². The highest BCUT2D eigenvalue weighted by molar-refractivity contribution is 9.10. The topological polar surface area (TPSA) is 83.5 Å². The fourth-order valence-electron chi connectivity index (χ4n) is 2.27. The molecule has 1 fully saturated rings. The van der Waals surface area contributed by atoms with Crippen LogP contribution in [0.4, 0.5) is 0 Å². The van der Waals surface area contributed by atoms with Crippen LogP contribution < -0.4 is 4.72 Å². The number of carbonyl (C=O) groups is 1. The Morgan fingerprint density at radius 1 is 1.21 bits per heavy atom. The third kappa shape index (κ3) is 2.98. The summed E-state index contributed by atoms with van der Waals surface area (Å²) in [5, 5.41) is 9.28. The smallest absolute Gasteiger partial charge is 0.324 e. The van der Waals surface area contributed by atoms with Crippen molar-refractivity contribution in [3.8, 4) is 0 Å². The second-order valence-electron chi connectivity index (χ2n) is 4.65. The molecule has 0 aromatic heterocycles. The first-order valence-electron chi connectivity index (χ1n) is 5.89. The number of benzene rings is 1. The molecule has 1 aliphatic carbocycles. The van der Waals surface area contributed by atoms with Crippen molar-refractivity contribution in [3.05, 3.63) is 28.7 Å². The van der Waals surface area contributed by atoms with Crippen LogP contribution in [0.3, 0.4) is 0 Å². The van der Waals surface area contributed by atoms with E-state index in [9.17, 15) is 18.3 Å². The number of halogens is 1. The molecule has 2 N–H and O–H groups in total. The van der Waals surface area contributed by atoms with E-state index in [2.05, 4.69) is 20.7 Å². The molecule has 0 radical (unpaired) electrons. The van der Waals surface area contributed by atoms with Crippen molar-refractivity contribution in [2.24, 2.45) is 0 Å². The van der Waals surface area contributed by atoms with Gasteiger partial charge in [-0.15, -0.1) is 0 Å². The molecule has 104 valence electrons. The molecular weight excluding hydrogens is 334 g/mol. The van der Waals surface area contributed by atoms with Crippen LogP contribution in [0.15, 0.2) is 33.6 Å². The lowest BCUT2D eigenvalue weighted by Crippen LogP contribution is -2.52. The fourth-order valence-corrected chi connectivity index (χ4v) is 3.95. The molecule has 2 rings (SSSR count). The van der Waals surface area contributed by atoms with Crippen LogP contribution in [-0.4, -0.2) is 25.0 Å². The number of aliphatic carboxylic acids is 1. The van der Waals surface area contributed by atoms with E-state index in [4.69, 9.17) is 0 Å². The molecule has 0 atom stereocenters. The lowest BCUT2D eigenvalue weighted by atomic mass is 10.0. The standard InChI is InChI=1S/C12H14BrNO4S/c13-9-3-5-10(6-4-9)19(17,18)14-12(11(15)16)7-1-2-8-12/h3-6,14H,1-2,7-8H2,(H,15,16). The molecule has 1 aromatic carbocycles. The molecule has 1 aliphatic rings. The Balaban J connectivity index is 2.30. The second-order valence-corrected chi connectivity index (χ2v) is 7.25. The fraction of sp³-hybridized carbons (Fsp3) is 0.417. The molecular formula is C12H14BrNO4S. The number of rotatable bonds is 4. The number of carboxylic acids is 1. The molecule has 0 bridgehead atoms. The molecule has 0 spiro atoms. The van der Waals surface area contributed by atoms with Crippen molar-refractivity contribution < 1.29 is 18.3 Å². The lowest BCUT2D eigenvalue weighted by Gasteiger charge is -2.24. The largest absolute Gasteiger partial charge is 0.480 e.